The van der Waals surface area contributed by atoms with Gasteiger partial charge in [-0.3, -0.25) is 0 Å². The first-order valence-corrected chi connectivity index (χ1v) is 39.8. The van der Waals surface area contributed by atoms with E-state index in [2.05, 4.69) is 0 Å². The van der Waals surface area contributed by atoms with Crippen LogP contribution in [0.15, 0.2) is 0 Å². The van der Waals surface area contributed by atoms with Gasteiger partial charge in [0.25, 0.3) is 0 Å². The van der Waals surface area contributed by atoms with Crippen molar-refractivity contribution >= 4 is 0 Å². The molecule has 0 aliphatic heterocycles. The van der Waals surface area contributed by atoms with Crippen molar-refractivity contribution in [2.75, 3.05) is 258 Å². The average molecular weight is 1680 g/mol. The first-order valence-electron chi connectivity index (χ1n) is 39.8. The van der Waals surface area contributed by atoms with Crippen LogP contribution in [0.4, 0.5) is 0 Å². The zero-order valence-corrected chi connectivity index (χ0v) is 69.3. The van der Waals surface area contributed by atoms with Crippen LogP contribution in [0.25, 0.3) is 0 Å². The zero-order valence-electron chi connectivity index (χ0n) is 69.3. The van der Waals surface area contributed by atoms with Crippen molar-refractivity contribution in [1.29, 1.82) is 0 Å². The van der Waals surface area contributed by atoms with Crippen LogP contribution in [-0.2, 0) is 85.3 Å². The Hall–Kier alpha value is -1.56. The molecule has 0 rings (SSSR count). The van der Waals surface area contributed by atoms with Gasteiger partial charge in [-0.2, -0.15) is 0 Å². The van der Waals surface area contributed by atoms with E-state index in [-0.39, 0.29) is 201 Å². The molecule has 0 aromatic heterocycles. The predicted octanol–water partition coefficient (Wildman–Crippen LogP) is -6.22. The van der Waals surface area contributed by atoms with Crippen LogP contribution in [0.3, 0.4) is 0 Å². The van der Waals surface area contributed by atoms with Crippen molar-refractivity contribution in [2.24, 2.45) is 35.5 Å². The Morgan fingerprint density at radius 2 is 0.281 bits per heavy atom. The van der Waals surface area contributed by atoms with Crippen molar-refractivity contribution < 1.29 is 193 Å². The minimum absolute atomic E-state index is 0.0160. The van der Waals surface area contributed by atoms with E-state index in [1.54, 1.807) is 0 Å². The molecule has 0 aromatic carbocycles. The first kappa shape index (κ1) is 117. The van der Waals surface area contributed by atoms with Gasteiger partial charge in [-0.25, -0.2) is 0 Å². The first-order chi connectivity index (χ1) is 54.5. The number of aliphatic hydroxyl groups is 21. The summed E-state index contributed by atoms with van der Waals surface area (Å²) in [5.41, 5.74) is 0. The second-order valence-electron chi connectivity index (χ2n) is 28.9. The molecule has 39 nitrogen and oxygen atoms in total. The molecule has 0 aliphatic carbocycles. The van der Waals surface area contributed by atoms with Gasteiger partial charge >= 0.3 is 0 Å². The lowest BCUT2D eigenvalue weighted by Crippen LogP contribution is -2.35. The molecule has 0 heterocycles. The van der Waals surface area contributed by atoms with E-state index in [0.29, 0.717) is 52.3 Å². The molecule has 0 amide bonds. The smallest absolute Gasteiger partial charge is 0.104 e. The van der Waals surface area contributed by atoms with Crippen LogP contribution >= 0.6 is 0 Å². The fraction of sp³-hybridized carbons (Fsp3) is 1.00. The fourth-order valence-corrected chi connectivity index (χ4v) is 8.59. The van der Waals surface area contributed by atoms with Crippen LogP contribution in [0, 0.1) is 35.5 Å². The Bertz CT molecular complexity index is 1830. The van der Waals surface area contributed by atoms with Crippen LogP contribution in [-0.4, -0.2) is 475 Å². The van der Waals surface area contributed by atoms with E-state index in [9.17, 15) is 61.3 Å². The van der Waals surface area contributed by atoms with Gasteiger partial charge in [-0.05, 0) is 37.0 Å². The highest BCUT2D eigenvalue weighted by molar-refractivity contribution is 4.72. The second kappa shape index (κ2) is 79.9. The van der Waals surface area contributed by atoms with Gasteiger partial charge in [0.15, 0.2) is 0 Å². The van der Waals surface area contributed by atoms with Crippen LogP contribution < -0.4 is 0 Å². The molecule has 19 atom stereocenters. The molecule has 39 heteroatoms. The molecule has 690 valence electrons. The van der Waals surface area contributed by atoms with Gasteiger partial charge in [-0.15, -0.1) is 0 Å². The molecule has 114 heavy (non-hydrogen) atoms. The normalized spacial score (nSPS) is 17.8. The van der Waals surface area contributed by atoms with E-state index < -0.39 is 169 Å². The molecule has 21 N–H and O–H groups in total. The summed E-state index contributed by atoms with van der Waals surface area (Å²) in [6.45, 7) is 16.9. The molecule has 0 aromatic rings. The third kappa shape index (κ3) is 71.1. The number of hydrogen-bond donors (Lipinski definition) is 21. The highest BCUT2D eigenvalue weighted by Gasteiger charge is 2.26. The standard InChI is InChI=1S/3C25H52O13/c1-4-20(29)10-34-17-25(38-13-23(32)7-28)14-33-8-19(18(2)3)9-37-24(15-35-11-21(30)5-26)16-36-12-22(31)6-27;1-4-20(29)10-35-16-24(37-12-22(31)6-27)14-33-8-19(18(2)3)9-34-15-25(38-13-23(32)7-28)17-36-11-21(30)5-26;1-4-20(29)10-33-14-24(15-34-11-21(30)5-26)37-8-19(18(2)3)9-38-25(16-35-12-22(31)6-27)17-36-13-23(32)7-28/h3*18-32H,4-17H2,1-3H3. The van der Waals surface area contributed by atoms with E-state index in [0.717, 1.165) is 0 Å². The highest BCUT2D eigenvalue weighted by atomic mass is 16.6. The van der Waals surface area contributed by atoms with E-state index in [4.69, 9.17) is 131 Å². The number of rotatable bonds is 81. The van der Waals surface area contributed by atoms with Gasteiger partial charge < -0.3 is 193 Å². The van der Waals surface area contributed by atoms with Gasteiger partial charge in [0.05, 0.1) is 276 Å². The minimum atomic E-state index is -1.04. The van der Waals surface area contributed by atoms with E-state index >= 15 is 0 Å². The molecule has 0 radical (unpaired) electrons. The van der Waals surface area contributed by atoms with Gasteiger partial charge in [0.2, 0.25) is 0 Å². The summed E-state index contributed by atoms with van der Waals surface area (Å²) in [4.78, 5) is 0. The van der Waals surface area contributed by atoms with E-state index in [1.165, 1.54) is 0 Å². The zero-order chi connectivity index (χ0) is 86.3. The Morgan fingerprint density at radius 3 is 0.430 bits per heavy atom. The molecule has 0 saturated carbocycles. The summed E-state index contributed by atoms with van der Waals surface area (Å²) in [7, 11) is 0. The summed E-state index contributed by atoms with van der Waals surface area (Å²) in [6, 6.07) is 0. The average Bonchev–Trinajstić information content (AvgIpc) is 0.920. The maximum Gasteiger partial charge on any atom is 0.104 e. The summed E-state index contributed by atoms with van der Waals surface area (Å²) in [5, 5.41) is 195. The maximum atomic E-state index is 9.73. The topological polar surface area (TPSA) is 591 Å². The summed E-state index contributed by atoms with van der Waals surface area (Å²) in [5.74, 6) is 0.530. The molecule has 0 bridgehead atoms. The molecule has 0 aliphatic rings. The number of ether oxygens (including phenoxy) is 18. The highest BCUT2D eigenvalue weighted by Crippen LogP contribution is 2.19. The summed E-state index contributed by atoms with van der Waals surface area (Å²) >= 11 is 0. The lowest BCUT2D eigenvalue weighted by atomic mass is 9.98. The molecule has 0 spiro atoms. The molecule has 19 unspecified atom stereocenters. The number of hydrogen-bond acceptors (Lipinski definition) is 39. The maximum absolute atomic E-state index is 9.73. The van der Waals surface area contributed by atoms with Crippen LogP contribution in [0.2, 0.25) is 0 Å². The monoisotopic (exact) mass is 1680 g/mol. The molecule has 0 fully saturated rings. The van der Waals surface area contributed by atoms with Crippen molar-refractivity contribution in [3.05, 3.63) is 0 Å². The lowest BCUT2D eigenvalue weighted by molar-refractivity contribution is -0.117. The van der Waals surface area contributed by atoms with Crippen molar-refractivity contribution in [3.63, 3.8) is 0 Å². The Morgan fingerprint density at radius 1 is 0.158 bits per heavy atom. The Balaban J connectivity index is -0.00000162. The Labute approximate surface area is 674 Å². The lowest BCUT2D eigenvalue weighted by Gasteiger charge is -2.27. The van der Waals surface area contributed by atoms with Crippen molar-refractivity contribution in [2.45, 2.75) is 191 Å². The van der Waals surface area contributed by atoms with Crippen molar-refractivity contribution in [3.8, 4) is 0 Å². The van der Waals surface area contributed by atoms with Gasteiger partial charge in [0, 0.05) is 17.8 Å². The van der Waals surface area contributed by atoms with Crippen molar-refractivity contribution in [1.82, 2.24) is 0 Å². The predicted molar refractivity (Wildman–Crippen MR) is 410 cm³/mol. The third-order valence-electron chi connectivity index (χ3n) is 16.8. The van der Waals surface area contributed by atoms with Crippen LogP contribution in [0.1, 0.15) is 81.6 Å². The van der Waals surface area contributed by atoms with E-state index in [1.807, 2.05) is 62.3 Å². The fourth-order valence-electron chi connectivity index (χ4n) is 8.59. The van der Waals surface area contributed by atoms with Gasteiger partial charge in [-0.1, -0.05) is 62.3 Å². The Kier molecular flexibility index (Phi) is 81.7. The molecular formula is C75H156O39. The SMILES string of the molecule is CCC(O)COCC(COCC(COC(COCC(O)CO)COCC(O)CO)C(C)C)OCC(O)CO.CCC(O)COCC(COCC(COCC(COCC(O)CO)OCC(O)CO)C(C)C)OCC(O)CO.CCC(O)COCC(COCC(O)CO)OCC(COC(COCC(O)CO)COCC(O)CO)C(C)C. The minimum Gasteiger partial charge on any atom is -0.394 e. The van der Waals surface area contributed by atoms with Gasteiger partial charge in [0.1, 0.15) is 91.6 Å². The van der Waals surface area contributed by atoms with Crippen LogP contribution in [0.5, 0.6) is 0 Å². The molecule has 0 saturated heterocycles. The summed E-state index contributed by atoms with van der Waals surface area (Å²) in [6.07, 6.45) is -12.3. The quantitative estimate of drug-likeness (QED) is 0.0269. The largest absolute Gasteiger partial charge is 0.394 e. The third-order valence-corrected chi connectivity index (χ3v) is 16.8. The second-order valence-corrected chi connectivity index (χ2v) is 28.9. The number of aliphatic hydroxyl groups excluding tert-OH is 21. The molecular weight excluding hydrogens is 1520 g/mol. The summed E-state index contributed by atoms with van der Waals surface area (Å²) < 4.78 is 101.